The molecule has 2 fully saturated rings. The highest BCUT2D eigenvalue weighted by atomic mass is 16.5. The second-order valence-corrected chi connectivity index (χ2v) is 4.97. The molecule has 0 radical (unpaired) electrons. The first-order chi connectivity index (χ1) is 7.33. The van der Waals surface area contributed by atoms with Gasteiger partial charge in [0.05, 0.1) is 18.3 Å². The number of aromatic nitrogens is 2. The summed E-state index contributed by atoms with van der Waals surface area (Å²) >= 11 is 0. The number of ether oxygens (including phenoxy) is 1. The molecular formula is C12H18N2O. The number of nitrogens with zero attached hydrogens (tertiary/aromatic N) is 2. The van der Waals surface area contributed by atoms with Crippen LogP contribution >= 0.6 is 0 Å². The van der Waals surface area contributed by atoms with Crippen LogP contribution in [0.25, 0.3) is 0 Å². The van der Waals surface area contributed by atoms with Crippen LogP contribution in [0.2, 0.25) is 0 Å². The lowest BCUT2D eigenvalue weighted by Crippen LogP contribution is -2.17. The molecule has 1 aromatic heterocycles. The van der Waals surface area contributed by atoms with Gasteiger partial charge in [0, 0.05) is 18.4 Å². The van der Waals surface area contributed by atoms with Crippen LogP contribution in [0.1, 0.15) is 50.3 Å². The van der Waals surface area contributed by atoms with Crippen LogP contribution in [0.5, 0.6) is 0 Å². The maximum Gasteiger partial charge on any atom is 0.0857 e. The van der Waals surface area contributed by atoms with Gasteiger partial charge >= 0.3 is 0 Å². The zero-order valence-corrected chi connectivity index (χ0v) is 9.22. The second kappa shape index (κ2) is 3.63. The Kier molecular flexibility index (Phi) is 2.28. The van der Waals surface area contributed by atoms with E-state index >= 15 is 0 Å². The third kappa shape index (κ3) is 1.93. The maximum atomic E-state index is 5.79. The van der Waals surface area contributed by atoms with Crippen molar-refractivity contribution in [2.24, 2.45) is 5.92 Å². The van der Waals surface area contributed by atoms with Crippen molar-refractivity contribution in [3.8, 4) is 0 Å². The van der Waals surface area contributed by atoms with Gasteiger partial charge in [-0.15, -0.1) is 0 Å². The molecule has 3 nitrogen and oxygen atoms in total. The predicted molar refractivity (Wildman–Crippen MR) is 57.6 cm³/mol. The Morgan fingerprint density at radius 1 is 1.40 bits per heavy atom. The molecule has 1 saturated heterocycles. The van der Waals surface area contributed by atoms with E-state index in [-0.39, 0.29) is 0 Å². The van der Waals surface area contributed by atoms with E-state index in [2.05, 4.69) is 22.9 Å². The van der Waals surface area contributed by atoms with Crippen molar-refractivity contribution >= 4 is 0 Å². The van der Waals surface area contributed by atoms with Crippen molar-refractivity contribution in [3.63, 3.8) is 0 Å². The second-order valence-electron chi connectivity index (χ2n) is 4.97. The topological polar surface area (TPSA) is 27.1 Å². The third-order valence-corrected chi connectivity index (χ3v) is 3.46. The first kappa shape index (κ1) is 9.40. The largest absolute Gasteiger partial charge is 0.373 e. The summed E-state index contributed by atoms with van der Waals surface area (Å²) in [5, 5.41) is 4.42. The molecule has 3 heteroatoms. The van der Waals surface area contributed by atoms with E-state index in [1.165, 1.54) is 24.8 Å². The minimum atomic E-state index is 0.293. The highest BCUT2D eigenvalue weighted by Crippen LogP contribution is 2.36. The van der Waals surface area contributed by atoms with Gasteiger partial charge in [0.1, 0.15) is 0 Å². The average Bonchev–Trinajstić information content (AvgIpc) is 2.97. The summed E-state index contributed by atoms with van der Waals surface area (Å²) in [5.41, 5.74) is 1.27. The molecule has 1 aromatic rings. The van der Waals surface area contributed by atoms with Crippen molar-refractivity contribution < 1.29 is 4.74 Å². The fraction of sp³-hybridized carbons (Fsp3) is 0.750. The van der Waals surface area contributed by atoms with Crippen molar-refractivity contribution in [2.75, 3.05) is 6.61 Å². The summed E-state index contributed by atoms with van der Waals surface area (Å²) < 4.78 is 7.90. The summed E-state index contributed by atoms with van der Waals surface area (Å²) in [5.74, 6) is 0.785. The first-order valence-electron chi connectivity index (χ1n) is 5.98. The zero-order chi connectivity index (χ0) is 10.3. The van der Waals surface area contributed by atoms with Crippen LogP contribution in [0, 0.1) is 5.92 Å². The molecule has 1 aliphatic heterocycles. The van der Waals surface area contributed by atoms with E-state index in [0.29, 0.717) is 12.1 Å². The Morgan fingerprint density at radius 3 is 3.00 bits per heavy atom. The predicted octanol–water partition coefficient (Wildman–Crippen LogP) is 2.71. The van der Waals surface area contributed by atoms with Crippen molar-refractivity contribution in [1.82, 2.24) is 9.78 Å². The third-order valence-electron chi connectivity index (χ3n) is 3.46. The highest BCUT2D eigenvalue weighted by molar-refractivity contribution is 5.10. The van der Waals surface area contributed by atoms with Gasteiger partial charge in [0.15, 0.2) is 0 Å². The SMILES string of the molecule is C[C@@H]1CCO[C@@H](c2cnn(C3CC3)c2)C1. The molecule has 0 amide bonds. The van der Waals surface area contributed by atoms with Crippen molar-refractivity contribution in [3.05, 3.63) is 18.0 Å². The Bertz CT molecular complexity index is 343. The van der Waals surface area contributed by atoms with Gasteiger partial charge < -0.3 is 4.74 Å². The van der Waals surface area contributed by atoms with Gasteiger partial charge in [-0.3, -0.25) is 4.68 Å². The maximum absolute atomic E-state index is 5.79. The van der Waals surface area contributed by atoms with Crippen molar-refractivity contribution in [1.29, 1.82) is 0 Å². The summed E-state index contributed by atoms with van der Waals surface area (Å²) in [7, 11) is 0. The molecule has 2 atom stereocenters. The van der Waals surface area contributed by atoms with Gasteiger partial charge in [-0.2, -0.15) is 5.10 Å². The van der Waals surface area contributed by atoms with Crippen LogP contribution in [0.15, 0.2) is 12.4 Å². The van der Waals surface area contributed by atoms with E-state index < -0.39 is 0 Å². The average molecular weight is 206 g/mol. The summed E-state index contributed by atoms with van der Waals surface area (Å²) in [4.78, 5) is 0. The first-order valence-corrected chi connectivity index (χ1v) is 5.98. The van der Waals surface area contributed by atoms with Crippen molar-refractivity contribution in [2.45, 2.75) is 44.8 Å². The van der Waals surface area contributed by atoms with Gasteiger partial charge in [0.2, 0.25) is 0 Å². The standard InChI is InChI=1S/C12H18N2O/c1-9-4-5-15-12(6-9)10-7-13-14(8-10)11-2-3-11/h7-9,11-12H,2-6H2,1H3/t9-,12-/m1/s1. The Balaban J connectivity index is 1.73. The van der Waals surface area contributed by atoms with Gasteiger partial charge in [-0.05, 0) is 31.6 Å². The highest BCUT2D eigenvalue weighted by Gasteiger charge is 2.27. The molecule has 1 aliphatic carbocycles. The lowest BCUT2D eigenvalue weighted by atomic mass is 9.95. The molecule has 0 spiro atoms. The van der Waals surface area contributed by atoms with Crippen LogP contribution in [-0.2, 0) is 4.74 Å². The summed E-state index contributed by atoms with van der Waals surface area (Å²) in [6.07, 6.45) is 9.40. The molecule has 0 N–H and O–H groups in total. The van der Waals surface area contributed by atoms with E-state index in [4.69, 9.17) is 4.74 Å². The molecule has 15 heavy (non-hydrogen) atoms. The molecule has 3 rings (SSSR count). The summed E-state index contributed by atoms with van der Waals surface area (Å²) in [6, 6.07) is 0.680. The Morgan fingerprint density at radius 2 is 2.27 bits per heavy atom. The van der Waals surface area contributed by atoms with E-state index in [1.54, 1.807) is 0 Å². The van der Waals surface area contributed by atoms with Crippen LogP contribution in [0.4, 0.5) is 0 Å². The summed E-state index contributed by atoms with van der Waals surface area (Å²) in [6.45, 7) is 3.21. The molecule has 0 unspecified atom stereocenters. The van der Waals surface area contributed by atoms with E-state index in [9.17, 15) is 0 Å². The smallest absolute Gasteiger partial charge is 0.0857 e. The van der Waals surface area contributed by atoms with E-state index in [1.807, 2.05) is 6.20 Å². The fourth-order valence-electron chi connectivity index (χ4n) is 2.25. The fourth-order valence-corrected chi connectivity index (χ4v) is 2.25. The normalized spacial score (nSPS) is 31.8. The quantitative estimate of drug-likeness (QED) is 0.744. The Labute approximate surface area is 90.4 Å². The molecule has 82 valence electrons. The minimum absolute atomic E-state index is 0.293. The molecular weight excluding hydrogens is 188 g/mol. The van der Waals surface area contributed by atoms with Gasteiger partial charge in [0.25, 0.3) is 0 Å². The number of rotatable bonds is 2. The molecule has 0 aromatic carbocycles. The zero-order valence-electron chi connectivity index (χ0n) is 9.22. The lowest BCUT2D eigenvalue weighted by molar-refractivity contribution is -0.00637. The lowest BCUT2D eigenvalue weighted by Gasteiger charge is -2.26. The van der Waals surface area contributed by atoms with E-state index in [0.717, 1.165) is 18.9 Å². The number of hydrogen-bond donors (Lipinski definition) is 0. The molecule has 2 aliphatic rings. The minimum Gasteiger partial charge on any atom is -0.373 e. The van der Waals surface area contributed by atoms with Gasteiger partial charge in [-0.1, -0.05) is 6.92 Å². The molecule has 2 heterocycles. The number of hydrogen-bond acceptors (Lipinski definition) is 2. The van der Waals surface area contributed by atoms with Crippen LogP contribution < -0.4 is 0 Å². The Hall–Kier alpha value is -0.830. The van der Waals surface area contributed by atoms with Crippen LogP contribution in [0.3, 0.4) is 0 Å². The van der Waals surface area contributed by atoms with Gasteiger partial charge in [-0.25, -0.2) is 0 Å². The molecule has 1 saturated carbocycles. The van der Waals surface area contributed by atoms with Crippen LogP contribution in [-0.4, -0.2) is 16.4 Å². The molecule has 0 bridgehead atoms. The monoisotopic (exact) mass is 206 g/mol.